The highest BCUT2D eigenvalue weighted by Crippen LogP contribution is 1.92. The number of esters is 2. The van der Waals surface area contributed by atoms with Crippen LogP contribution in [-0.4, -0.2) is 76.2 Å². The van der Waals surface area contributed by atoms with Crippen molar-refractivity contribution in [2.75, 3.05) is 54.5 Å². The van der Waals surface area contributed by atoms with Gasteiger partial charge in [-0.15, -0.1) is 0 Å². The smallest absolute Gasteiger partial charge is 0.317 e. The Morgan fingerprint density at radius 1 is 0.824 bits per heavy atom. The summed E-state index contributed by atoms with van der Waals surface area (Å²) in [6, 6.07) is 0. The Balaban J connectivity index is 3.56. The van der Waals surface area contributed by atoms with Crippen LogP contribution in [0.4, 0.5) is 0 Å². The lowest BCUT2D eigenvalue weighted by atomic mass is 10.4. The lowest BCUT2D eigenvalue weighted by molar-refractivity contribution is -0.154. The van der Waals surface area contributed by atoms with Crippen molar-refractivity contribution >= 4 is 11.9 Å². The number of ether oxygens (including phenoxy) is 2. The highest BCUT2D eigenvalue weighted by atomic mass is 16.6. The summed E-state index contributed by atoms with van der Waals surface area (Å²) in [5.74, 6) is -1.08. The molecule has 17 heavy (non-hydrogen) atoms. The van der Waals surface area contributed by atoms with E-state index in [9.17, 15) is 9.59 Å². The summed E-state index contributed by atoms with van der Waals surface area (Å²) in [7, 11) is 7.51. The van der Waals surface area contributed by atoms with Gasteiger partial charge in [0.1, 0.15) is 19.6 Å². The summed E-state index contributed by atoms with van der Waals surface area (Å²) >= 11 is 0. The fraction of sp³-hybridized carbons (Fsp3) is 0.818. The number of hydrogen-bond acceptors (Lipinski definition) is 6. The zero-order valence-corrected chi connectivity index (χ0v) is 11.1. The Bertz CT molecular complexity index is 218. The molecule has 0 aliphatic carbocycles. The van der Waals surface area contributed by atoms with Crippen molar-refractivity contribution in [2.24, 2.45) is 0 Å². The van der Waals surface area contributed by atoms with E-state index in [4.69, 9.17) is 9.47 Å². The first-order valence-electron chi connectivity index (χ1n) is 5.52. The van der Waals surface area contributed by atoms with Crippen molar-refractivity contribution in [3.8, 4) is 0 Å². The molecule has 0 saturated heterocycles. The lowest BCUT2D eigenvalue weighted by Gasteiger charge is -2.11. The molecule has 0 N–H and O–H groups in total. The van der Waals surface area contributed by atoms with Gasteiger partial charge in [0.05, 0.1) is 0 Å². The summed E-state index contributed by atoms with van der Waals surface area (Å²) < 4.78 is 9.72. The van der Waals surface area contributed by atoms with E-state index in [-0.39, 0.29) is 19.6 Å². The quantitative estimate of drug-likeness (QED) is 0.428. The molecule has 6 heteroatoms. The molecule has 0 aromatic carbocycles. The molecule has 0 spiro atoms. The Morgan fingerprint density at radius 2 is 1.18 bits per heavy atom. The van der Waals surface area contributed by atoms with Crippen LogP contribution in [0.2, 0.25) is 0 Å². The molecule has 0 aromatic heterocycles. The van der Waals surface area contributed by atoms with E-state index in [1.165, 1.54) is 0 Å². The van der Waals surface area contributed by atoms with Gasteiger partial charge in [-0.25, -0.2) is 0 Å². The van der Waals surface area contributed by atoms with E-state index in [1.54, 1.807) is 0 Å². The third kappa shape index (κ3) is 11.1. The third-order valence-electron chi connectivity index (χ3n) is 1.89. The molecule has 0 aromatic rings. The number of carbonyl (C=O) groups excluding carboxylic acids is 2. The van der Waals surface area contributed by atoms with E-state index in [0.717, 1.165) is 0 Å². The molecule has 0 amide bonds. The minimum atomic E-state index is -0.540. The van der Waals surface area contributed by atoms with E-state index in [1.807, 2.05) is 38.0 Å². The molecule has 0 radical (unpaired) electrons. The number of carbonyl (C=O) groups is 2. The Kier molecular flexibility index (Phi) is 8.35. The maximum absolute atomic E-state index is 11.2. The highest BCUT2D eigenvalue weighted by Gasteiger charge is 2.11. The van der Waals surface area contributed by atoms with Gasteiger partial charge in [-0.2, -0.15) is 0 Å². The summed E-state index contributed by atoms with van der Waals surface area (Å²) in [5.41, 5.74) is 0. The number of nitrogens with zero attached hydrogens (tertiary/aromatic N) is 2. The summed E-state index contributed by atoms with van der Waals surface area (Å²) in [4.78, 5) is 26.1. The normalized spacial score (nSPS) is 10.7. The molecule has 0 heterocycles. The van der Waals surface area contributed by atoms with Crippen molar-refractivity contribution in [1.82, 2.24) is 9.80 Å². The molecule has 0 fully saturated rings. The number of hydrogen-bond donors (Lipinski definition) is 0. The predicted octanol–water partition coefficient (Wildman–Crippen LogP) is -0.414. The van der Waals surface area contributed by atoms with Crippen LogP contribution in [0.25, 0.3) is 0 Å². The van der Waals surface area contributed by atoms with E-state index in [0.29, 0.717) is 13.1 Å². The maximum atomic E-state index is 11.2. The summed E-state index contributed by atoms with van der Waals surface area (Å²) in [5, 5.41) is 0. The molecule has 100 valence electrons. The second kappa shape index (κ2) is 8.95. The topological polar surface area (TPSA) is 59.1 Å². The molecular formula is C11H22N2O4. The van der Waals surface area contributed by atoms with Gasteiger partial charge in [0.2, 0.25) is 0 Å². The lowest BCUT2D eigenvalue weighted by Crippen LogP contribution is -2.23. The molecule has 0 unspecified atom stereocenters. The summed E-state index contributed by atoms with van der Waals surface area (Å²) in [6.07, 6.45) is -0.319. The first-order chi connectivity index (χ1) is 7.91. The SMILES string of the molecule is CN(C)CCOC(=O)CC(=O)OCCN(C)C. The zero-order chi connectivity index (χ0) is 13.3. The Labute approximate surface area is 102 Å². The molecule has 0 atom stereocenters. The Morgan fingerprint density at radius 3 is 1.47 bits per heavy atom. The van der Waals surface area contributed by atoms with Gasteiger partial charge < -0.3 is 19.3 Å². The van der Waals surface area contributed by atoms with Crippen molar-refractivity contribution in [3.05, 3.63) is 0 Å². The standard InChI is InChI=1S/C11H22N2O4/c1-12(2)5-7-16-10(14)9-11(15)17-8-6-13(3)4/h5-9H2,1-4H3. The predicted molar refractivity (Wildman–Crippen MR) is 63.6 cm³/mol. The van der Waals surface area contributed by atoms with Gasteiger partial charge in [-0.05, 0) is 28.2 Å². The second-order valence-corrected chi connectivity index (χ2v) is 4.22. The molecule has 0 bridgehead atoms. The van der Waals surface area contributed by atoms with Crippen LogP contribution in [0.3, 0.4) is 0 Å². The number of likely N-dealkylation sites (N-methyl/N-ethyl adjacent to an activating group) is 2. The van der Waals surface area contributed by atoms with Gasteiger partial charge in [0.15, 0.2) is 0 Å². The highest BCUT2D eigenvalue weighted by molar-refractivity contribution is 5.91. The van der Waals surface area contributed by atoms with Crippen LogP contribution in [-0.2, 0) is 19.1 Å². The Hall–Kier alpha value is -1.14. The van der Waals surface area contributed by atoms with Gasteiger partial charge in [0, 0.05) is 13.1 Å². The average molecular weight is 246 g/mol. The second-order valence-electron chi connectivity index (χ2n) is 4.22. The van der Waals surface area contributed by atoms with Gasteiger partial charge in [-0.3, -0.25) is 9.59 Å². The monoisotopic (exact) mass is 246 g/mol. The molecule has 0 aliphatic heterocycles. The first kappa shape index (κ1) is 15.9. The van der Waals surface area contributed by atoms with Gasteiger partial charge in [-0.1, -0.05) is 0 Å². The van der Waals surface area contributed by atoms with Crippen molar-refractivity contribution in [3.63, 3.8) is 0 Å². The van der Waals surface area contributed by atoms with Crippen LogP contribution in [0.1, 0.15) is 6.42 Å². The van der Waals surface area contributed by atoms with Crippen LogP contribution in [0.15, 0.2) is 0 Å². The fourth-order valence-corrected chi connectivity index (χ4v) is 0.904. The third-order valence-corrected chi connectivity index (χ3v) is 1.89. The van der Waals surface area contributed by atoms with Crippen molar-refractivity contribution in [2.45, 2.75) is 6.42 Å². The molecular weight excluding hydrogens is 224 g/mol. The van der Waals surface area contributed by atoms with Crippen LogP contribution < -0.4 is 0 Å². The molecule has 0 saturated carbocycles. The zero-order valence-electron chi connectivity index (χ0n) is 11.1. The van der Waals surface area contributed by atoms with E-state index in [2.05, 4.69) is 0 Å². The molecule has 6 nitrogen and oxygen atoms in total. The summed E-state index contributed by atoms with van der Waals surface area (Å²) in [6.45, 7) is 1.86. The number of rotatable bonds is 8. The van der Waals surface area contributed by atoms with Crippen LogP contribution >= 0.6 is 0 Å². The van der Waals surface area contributed by atoms with Gasteiger partial charge >= 0.3 is 11.9 Å². The van der Waals surface area contributed by atoms with Crippen molar-refractivity contribution in [1.29, 1.82) is 0 Å². The van der Waals surface area contributed by atoms with Crippen LogP contribution in [0.5, 0.6) is 0 Å². The van der Waals surface area contributed by atoms with Crippen LogP contribution in [0, 0.1) is 0 Å². The molecule has 0 rings (SSSR count). The minimum absolute atomic E-state index is 0.289. The van der Waals surface area contributed by atoms with Crippen molar-refractivity contribution < 1.29 is 19.1 Å². The largest absolute Gasteiger partial charge is 0.464 e. The fourth-order valence-electron chi connectivity index (χ4n) is 0.904. The molecule has 0 aliphatic rings. The minimum Gasteiger partial charge on any atom is -0.464 e. The van der Waals surface area contributed by atoms with E-state index < -0.39 is 11.9 Å². The first-order valence-corrected chi connectivity index (χ1v) is 5.52. The van der Waals surface area contributed by atoms with Gasteiger partial charge in [0.25, 0.3) is 0 Å². The van der Waals surface area contributed by atoms with E-state index >= 15 is 0 Å². The average Bonchev–Trinajstić information content (AvgIpc) is 2.15. The maximum Gasteiger partial charge on any atom is 0.317 e.